The van der Waals surface area contributed by atoms with Crippen molar-refractivity contribution < 1.29 is 14.5 Å². The lowest BCUT2D eigenvalue weighted by Gasteiger charge is -2.03. The lowest BCUT2D eigenvalue weighted by molar-refractivity contribution is -0.385. The van der Waals surface area contributed by atoms with Gasteiger partial charge < -0.3 is 0 Å². The summed E-state index contributed by atoms with van der Waals surface area (Å²) >= 11 is 6.02. The molecule has 0 aromatic heterocycles. The topological polar surface area (TPSA) is 77.3 Å². The van der Waals surface area contributed by atoms with Crippen LogP contribution in [0.5, 0.6) is 0 Å². The Morgan fingerprint density at radius 2 is 1.53 bits per heavy atom. The minimum atomic E-state index is -0.761. The van der Waals surface area contributed by atoms with E-state index in [1.807, 2.05) is 0 Å². The predicted molar refractivity (Wildman–Crippen MR) is 59.3 cm³/mol. The molecule has 0 fully saturated rings. The summed E-state index contributed by atoms with van der Waals surface area (Å²) in [4.78, 5) is 31.3. The van der Waals surface area contributed by atoms with Crippen molar-refractivity contribution in [2.45, 2.75) is 0 Å². The van der Waals surface area contributed by atoms with E-state index in [-0.39, 0.29) is 20.1 Å². The van der Waals surface area contributed by atoms with Gasteiger partial charge in [-0.2, -0.15) is 0 Å². The summed E-state index contributed by atoms with van der Waals surface area (Å²) < 4.78 is 0.531. The van der Waals surface area contributed by atoms with Gasteiger partial charge in [-0.15, -0.1) is 0 Å². The van der Waals surface area contributed by atoms with Gasteiger partial charge in [0.2, 0.25) is 0 Å². The SMILES string of the molecule is O=Cc1c(Br)cc(Br)c(C=O)c1[N+](=O)[O-]. The summed E-state index contributed by atoms with van der Waals surface area (Å²) in [7, 11) is 0. The molecule has 1 aromatic carbocycles. The Labute approximate surface area is 101 Å². The molecule has 0 aliphatic heterocycles. The van der Waals surface area contributed by atoms with Crippen molar-refractivity contribution in [1.29, 1.82) is 0 Å². The van der Waals surface area contributed by atoms with Crippen LogP contribution in [0.4, 0.5) is 5.69 Å². The zero-order valence-electron chi connectivity index (χ0n) is 7.07. The summed E-state index contributed by atoms with van der Waals surface area (Å²) in [5.74, 6) is 0. The van der Waals surface area contributed by atoms with Gasteiger partial charge in [-0.05, 0) is 37.9 Å². The first-order chi connectivity index (χ1) is 7.02. The maximum absolute atomic E-state index is 10.7. The van der Waals surface area contributed by atoms with Gasteiger partial charge in [-0.25, -0.2) is 0 Å². The van der Waals surface area contributed by atoms with Crippen LogP contribution in [0.25, 0.3) is 0 Å². The van der Waals surface area contributed by atoms with Gasteiger partial charge in [0.25, 0.3) is 5.69 Å². The summed E-state index contributed by atoms with van der Waals surface area (Å²) in [6.45, 7) is 0. The van der Waals surface area contributed by atoms with Crippen molar-refractivity contribution in [3.8, 4) is 0 Å². The number of carbonyl (C=O) groups excluding carboxylic acids is 2. The fourth-order valence-electron chi connectivity index (χ4n) is 1.06. The lowest BCUT2D eigenvalue weighted by atomic mass is 10.1. The number of benzene rings is 1. The molecule has 0 radical (unpaired) electrons. The van der Waals surface area contributed by atoms with Crippen LogP contribution in [-0.4, -0.2) is 17.5 Å². The number of hydrogen-bond donors (Lipinski definition) is 0. The molecule has 0 amide bonds. The molecular formula is C8H3Br2NO4. The van der Waals surface area contributed by atoms with Gasteiger partial charge in [0.05, 0.1) is 4.92 Å². The molecular weight excluding hydrogens is 334 g/mol. The van der Waals surface area contributed by atoms with Crippen LogP contribution in [0.1, 0.15) is 20.7 Å². The standard InChI is InChI=1S/C8H3Br2NO4/c9-6-1-7(10)5(3-13)8(11(14)15)4(6)2-12/h1-3H. The van der Waals surface area contributed by atoms with Gasteiger partial charge in [-0.3, -0.25) is 19.7 Å². The fourth-order valence-corrected chi connectivity index (χ4v) is 2.39. The second kappa shape index (κ2) is 4.63. The predicted octanol–water partition coefficient (Wildman–Crippen LogP) is 2.74. The number of carbonyl (C=O) groups is 2. The second-order valence-corrected chi connectivity index (χ2v) is 4.22. The summed E-state index contributed by atoms with van der Waals surface area (Å²) in [5, 5.41) is 10.7. The second-order valence-electron chi connectivity index (χ2n) is 2.51. The molecule has 0 saturated carbocycles. The highest BCUT2D eigenvalue weighted by Gasteiger charge is 2.24. The van der Waals surface area contributed by atoms with Crippen LogP contribution in [0.3, 0.4) is 0 Å². The summed E-state index contributed by atoms with van der Waals surface area (Å²) in [5.41, 5.74) is -0.795. The number of aldehydes is 2. The molecule has 0 spiro atoms. The number of nitrogens with zero attached hydrogens (tertiary/aromatic N) is 1. The Morgan fingerprint density at radius 1 is 1.13 bits per heavy atom. The fraction of sp³-hybridized carbons (Fsp3) is 0. The quantitative estimate of drug-likeness (QED) is 0.483. The molecule has 1 rings (SSSR count). The largest absolute Gasteiger partial charge is 0.298 e. The van der Waals surface area contributed by atoms with Gasteiger partial charge >= 0.3 is 0 Å². The summed E-state index contributed by atoms with van der Waals surface area (Å²) in [6, 6.07) is 1.42. The number of halogens is 2. The summed E-state index contributed by atoms with van der Waals surface area (Å²) in [6.07, 6.45) is 0.670. The van der Waals surface area contributed by atoms with Crippen LogP contribution < -0.4 is 0 Å². The molecule has 0 atom stereocenters. The molecule has 0 saturated heterocycles. The van der Waals surface area contributed by atoms with Crippen molar-refractivity contribution in [2.24, 2.45) is 0 Å². The maximum Gasteiger partial charge on any atom is 0.292 e. The van der Waals surface area contributed by atoms with Crippen molar-refractivity contribution in [2.75, 3.05) is 0 Å². The third kappa shape index (κ3) is 2.13. The minimum absolute atomic E-state index is 0.148. The Kier molecular flexibility index (Phi) is 3.70. The Balaban J connectivity index is 3.73. The van der Waals surface area contributed by atoms with E-state index in [1.54, 1.807) is 0 Å². The van der Waals surface area contributed by atoms with E-state index in [4.69, 9.17) is 0 Å². The molecule has 5 nitrogen and oxygen atoms in total. The first-order valence-electron chi connectivity index (χ1n) is 3.59. The van der Waals surface area contributed by atoms with E-state index in [0.29, 0.717) is 12.6 Å². The average Bonchev–Trinajstić information content (AvgIpc) is 2.16. The molecule has 0 aliphatic carbocycles. The van der Waals surface area contributed by atoms with Gasteiger partial charge in [0, 0.05) is 8.95 Å². The minimum Gasteiger partial charge on any atom is -0.298 e. The monoisotopic (exact) mass is 335 g/mol. The van der Waals surface area contributed by atoms with E-state index >= 15 is 0 Å². The van der Waals surface area contributed by atoms with E-state index in [1.165, 1.54) is 6.07 Å². The molecule has 15 heavy (non-hydrogen) atoms. The highest BCUT2D eigenvalue weighted by molar-refractivity contribution is 9.11. The molecule has 0 aliphatic rings. The zero-order chi connectivity index (χ0) is 11.6. The molecule has 7 heteroatoms. The normalized spacial score (nSPS) is 9.73. The molecule has 0 heterocycles. The lowest BCUT2D eigenvalue weighted by Crippen LogP contribution is -2.01. The van der Waals surface area contributed by atoms with Crippen molar-refractivity contribution >= 4 is 50.1 Å². The highest BCUT2D eigenvalue weighted by atomic mass is 79.9. The Bertz CT molecular complexity index is 426. The average molecular weight is 337 g/mol. The van der Waals surface area contributed by atoms with Crippen molar-refractivity contribution in [3.63, 3.8) is 0 Å². The molecule has 1 aromatic rings. The third-order valence-corrected chi connectivity index (χ3v) is 3.01. The highest BCUT2D eigenvalue weighted by Crippen LogP contribution is 2.33. The number of nitro benzene ring substituents is 1. The Hall–Kier alpha value is -1.08. The van der Waals surface area contributed by atoms with Gasteiger partial charge in [0.1, 0.15) is 11.1 Å². The van der Waals surface area contributed by atoms with Crippen LogP contribution in [0, 0.1) is 10.1 Å². The zero-order valence-corrected chi connectivity index (χ0v) is 10.2. The number of rotatable bonds is 3. The molecule has 0 N–H and O–H groups in total. The number of nitro groups is 1. The first kappa shape index (κ1) is 12.0. The molecule has 78 valence electrons. The van der Waals surface area contributed by atoms with Crippen LogP contribution in [0.2, 0.25) is 0 Å². The van der Waals surface area contributed by atoms with E-state index < -0.39 is 10.6 Å². The van der Waals surface area contributed by atoms with Crippen LogP contribution in [0.15, 0.2) is 15.0 Å². The smallest absolute Gasteiger partial charge is 0.292 e. The first-order valence-corrected chi connectivity index (χ1v) is 5.18. The van der Waals surface area contributed by atoms with E-state index in [2.05, 4.69) is 31.9 Å². The van der Waals surface area contributed by atoms with Crippen molar-refractivity contribution in [3.05, 3.63) is 36.3 Å². The Morgan fingerprint density at radius 3 is 1.80 bits per heavy atom. The van der Waals surface area contributed by atoms with Crippen molar-refractivity contribution in [1.82, 2.24) is 0 Å². The number of hydrogen-bond acceptors (Lipinski definition) is 4. The van der Waals surface area contributed by atoms with Crippen LogP contribution >= 0.6 is 31.9 Å². The molecule has 0 bridgehead atoms. The van der Waals surface area contributed by atoms with Crippen LogP contribution in [-0.2, 0) is 0 Å². The molecule has 0 unspecified atom stereocenters. The van der Waals surface area contributed by atoms with E-state index in [9.17, 15) is 19.7 Å². The van der Waals surface area contributed by atoms with Gasteiger partial charge in [0.15, 0.2) is 12.6 Å². The van der Waals surface area contributed by atoms with E-state index in [0.717, 1.165) is 0 Å². The van der Waals surface area contributed by atoms with Gasteiger partial charge in [-0.1, -0.05) is 0 Å². The third-order valence-electron chi connectivity index (χ3n) is 1.70. The maximum atomic E-state index is 10.7.